The molecule has 3 saturated carbocycles. The number of allylic oxidation sites excluding steroid dienone is 2. The van der Waals surface area contributed by atoms with Crippen molar-refractivity contribution in [1.29, 1.82) is 0 Å². The fourth-order valence-corrected chi connectivity index (χ4v) is 10.3. The third kappa shape index (κ3) is 4.24. The smallest absolute Gasteiger partial charge is 0.00848 e. The first-order chi connectivity index (χ1) is 20.0. The van der Waals surface area contributed by atoms with Gasteiger partial charge in [-0.1, -0.05) is 123 Å². The van der Waals surface area contributed by atoms with E-state index >= 15 is 0 Å². The minimum absolute atomic E-state index is 0.410. The standard InChI is InChI=1S/C41H44/c1-40-22-21-38-37(39(40)26-35(27-40)31-14-12-30(13-15-31)28-8-4-3-5-9-28)19-18-36-25-34(20-23-41(36,38)2)33-17-16-29-10-6-7-11-32(29)24-33/h3-18,24,34-35,37-39H,19-23,25-27H2,1-2H3/t34?,35?,37-,38+,39+,40-,41+/m1/s1. The van der Waals surface area contributed by atoms with E-state index in [1.165, 1.54) is 73.3 Å². The molecule has 7 atom stereocenters. The molecule has 4 aromatic rings. The van der Waals surface area contributed by atoms with E-state index in [2.05, 4.69) is 117 Å². The Kier molecular flexibility index (Phi) is 6.07. The van der Waals surface area contributed by atoms with Crippen LogP contribution in [0.5, 0.6) is 0 Å². The Labute approximate surface area is 246 Å². The van der Waals surface area contributed by atoms with E-state index in [9.17, 15) is 0 Å². The third-order valence-corrected chi connectivity index (χ3v) is 12.6. The van der Waals surface area contributed by atoms with Crippen molar-refractivity contribution in [2.24, 2.45) is 28.6 Å². The zero-order valence-corrected chi connectivity index (χ0v) is 24.9. The van der Waals surface area contributed by atoms with Crippen LogP contribution in [-0.4, -0.2) is 0 Å². The summed E-state index contributed by atoms with van der Waals surface area (Å²) in [4.78, 5) is 0. The van der Waals surface area contributed by atoms with Gasteiger partial charge < -0.3 is 0 Å². The van der Waals surface area contributed by atoms with Gasteiger partial charge in [-0.25, -0.2) is 0 Å². The minimum Gasteiger partial charge on any atom is -0.0845 e. The maximum absolute atomic E-state index is 2.75. The summed E-state index contributed by atoms with van der Waals surface area (Å²) >= 11 is 0. The molecule has 208 valence electrons. The van der Waals surface area contributed by atoms with Crippen LogP contribution in [0.1, 0.15) is 88.2 Å². The van der Waals surface area contributed by atoms with Crippen molar-refractivity contribution < 1.29 is 0 Å². The second kappa shape index (κ2) is 9.72. The molecule has 3 fully saturated rings. The number of rotatable bonds is 3. The molecule has 0 bridgehead atoms. The summed E-state index contributed by atoms with van der Waals surface area (Å²) in [5.74, 6) is 4.01. The molecular formula is C41H44. The van der Waals surface area contributed by atoms with Gasteiger partial charge >= 0.3 is 0 Å². The number of hydrogen-bond acceptors (Lipinski definition) is 0. The molecule has 2 unspecified atom stereocenters. The fourth-order valence-electron chi connectivity index (χ4n) is 10.3. The van der Waals surface area contributed by atoms with E-state index in [1.54, 1.807) is 16.7 Å². The summed E-state index contributed by atoms with van der Waals surface area (Å²) in [6.07, 6.45) is 13.7. The van der Waals surface area contributed by atoms with Crippen LogP contribution in [0, 0.1) is 28.6 Å². The van der Waals surface area contributed by atoms with Crippen LogP contribution in [0.2, 0.25) is 0 Å². The van der Waals surface area contributed by atoms with Crippen molar-refractivity contribution in [2.75, 3.05) is 0 Å². The lowest BCUT2D eigenvalue weighted by molar-refractivity contribution is -0.0262. The van der Waals surface area contributed by atoms with Gasteiger partial charge in [0.15, 0.2) is 0 Å². The topological polar surface area (TPSA) is 0 Å². The van der Waals surface area contributed by atoms with Gasteiger partial charge in [-0.3, -0.25) is 0 Å². The Morgan fingerprint density at radius 2 is 1.37 bits per heavy atom. The summed E-state index contributed by atoms with van der Waals surface area (Å²) in [7, 11) is 0. The molecule has 0 amide bonds. The first kappa shape index (κ1) is 25.6. The van der Waals surface area contributed by atoms with Gasteiger partial charge in [0.2, 0.25) is 0 Å². The van der Waals surface area contributed by atoms with Gasteiger partial charge in [-0.15, -0.1) is 0 Å². The number of hydrogen-bond donors (Lipinski definition) is 0. The molecule has 0 heteroatoms. The van der Waals surface area contributed by atoms with E-state index < -0.39 is 0 Å². The highest BCUT2D eigenvalue weighted by atomic mass is 14.6. The van der Waals surface area contributed by atoms with Crippen LogP contribution in [0.15, 0.2) is 109 Å². The number of benzene rings is 4. The molecule has 4 aliphatic rings. The van der Waals surface area contributed by atoms with Crippen LogP contribution in [-0.2, 0) is 0 Å². The normalized spacial score (nSPS) is 34.4. The van der Waals surface area contributed by atoms with Gasteiger partial charge in [0, 0.05) is 0 Å². The van der Waals surface area contributed by atoms with Crippen LogP contribution < -0.4 is 0 Å². The second-order valence-electron chi connectivity index (χ2n) is 14.6. The summed E-state index contributed by atoms with van der Waals surface area (Å²) in [5, 5.41) is 2.76. The van der Waals surface area contributed by atoms with Crippen molar-refractivity contribution in [1.82, 2.24) is 0 Å². The lowest BCUT2D eigenvalue weighted by Gasteiger charge is -2.57. The SMILES string of the molecule is C[C@]12CC[C@H]3[C@@H](CC=C4CC(c5ccc6ccccc6c5)CC[C@@]43C)[C@@H]1CC(c1ccc(-c3ccccc3)cc1)C2. The van der Waals surface area contributed by atoms with E-state index in [4.69, 9.17) is 0 Å². The average Bonchev–Trinajstić information content (AvgIpc) is 3.39. The fraction of sp³-hybridized carbons (Fsp3) is 0.415. The third-order valence-electron chi connectivity index (χ3n) is 12.6. The molecule has 0 saturated heterocycles. The Hall–Kier alpha value is -3.12. The van der Waals surface area contributed by atoms with Gasteiger partial charge in [-0.05, 0) is 125 Å². The van der Waals surface area contributed by atoms with Crippen molar-refractivity contribution in [2.45, 2.75) is 77.0 Å². The predicted octanol–water partition coefficient (Wildman–Crippen LogP) is 11.3. The first-order valence-corrected chi connectivity index (χ1v) is 16.3. The maximum Gasteiger partial charge on any atom is -0.00848 e. The van der Waals surface area contributed by atoms with E-state index in [0.29, 0.717) is 16.7 Å². The van der Waals surface area contributed by atoms with Crippen LogP contribution >= 0.6 is 0 Å². The minimum atomic E-state index is 0.410. The van der Waals surface area contributed by atoms with Gasteiger partial charge in [0.1, 0.15) is 0 Å². The van der Waals surface area contributed by atoms with E-state index in [0.717, 1.165) is 23.7 Å². The van der Waals surface area contributed by atoms with Crippen LogP contribution in [0.4, 0.5) is 0 Å². The molecule has 4 aromatic carbocycles. The van der Waals surface area contributed by atoms with Crippen molar-refractivity contribution in [3.63, 3.8) is 0 Å². The zero-order chi connectivity index (χ0) is 27.6. The van der Waals surface area contributed by atoms with E-state index in [1.807, 2.05) is 0 Å². The summed E-state index contributed by atoms with van der Waals surface area (Å²) < 4.78 is 0. The summed E-state index contributed by atoms with van der Waals surface area (Å²) in [6, 6.07) is 36.5. The maximum atomic E-state index is 2.75. The van der Waals surface area contributed by atoms with Gasteiger partial charge in [0.25, 0.3) is 0 Å². The largest absolute Gasteiger partial charge is 0.0845 e. The Morgan fingerprint density at radius 1 is 0.634 bits per heavy atom. The molecule has 0 aliphatic heterocycles. The number of fused-ring (bicyclic) bond motifs is 6. The highest BCUT2D eigenvalue weighted by Crippen LogP contribution is 2.67. The molecule has 0 nitrogen and oxygen atoms in total. The molecule has 8 rings (SSSR count). The van der Waals surface area contributed by atoms with Gasteiger partial charge in [-0.2, -0.15) is 0 Å². The average molecular weight is 537 g/mol. The molecule has 0 N–H and O–H groups in total. The van der Waals surface area contributed by atoms with Crippen molar-refractivity contribution in [3.8, 4) is 11.1 Å². The van der Waals surface area contributed by atoms with Crippen LogP contribution in [0.25, 0.3) is 21.9 Å². The first-order valence-electron chi connectivity index (χ1n) is 16.3. The second-order valence-corrected chi connectivity index (χ2v) is 14.6. The molecule has 0 radical (unpaired) electrons. The molecule has 0 heterocycles. The molecule has 0 spiro atoms. The lowest BCUT2D eigenvalue weighted by Crippen LogP contribution is -2.48. The molecule has 0 aromatic heterocycles. The summed E-state index contributed by atoms with van der Waals surface area (Å²) in [6.45, 7) is 5.33. The van der Waals surface area contributed by atoms with E-state index in [-0.39, 0.29) is 0 Å². The lowest BCUT2D eigenvalue weighted by atomic mass is 9.47. The quantitative estimate of drug-likeness (QED) is 0.228. The monoisotopic (exact) mass is 536 g/mol. The van der Waals surface area contributed by atoms with Crippen LogP contribution in [0.3, 0.4) is 0 Å². The molecular weight excluding hydrogens is 492 g/mol. The van der Waals surface area contributed by atoms with Crippen molar-refractivity contribution >= 4 is 10.8 Å². The highest BCUT2D eigenvalue weighted by Gasteiger charge is 2.57. The molecule has 41 heavy (non-hydrogen) atoms. The predicted molar refractivity (Wildman–Crippen MR) is 173 cm³/mol. The zero-order valence-electron chi connectivity index (χ0n) is 24.9. The Balaban J connectivity index is 1.02. The Bertz CT molecular complexity index is 1590. The molecule has 4 aliphatic carbocycles. The van der Waals surface area contributed by atoms with Crippen molar-refractivity contribution in [3.05, 3.63) is 120 Å². The highest BCUT2D eigenvalue weighted by molar-refractivity contribution is 5.83. The van der Waals surface area contributed by atoms with Gasteiger partial charge in [0.05, 0.1) is 0 Å². The Morgan fingerprint density at radius 3 is 2.20 bits per heavy atom. The summed E-state index contributed by atoms with van der Waals surface area (Å²) in [5.41, 5.74) is 8.52.